The van der Waals surface area contributed by atoms with Crippen molar-refractivity contribution in [2.24, 2.45) is 11.1 Å². The maximum absolute atomic E-state index is 15.6. The Kier molecular flexibility index (Phi) is 8.73. The highest BCUT2D eigenvalue weighted by Crippen LogP contribution is 2.50. The molecule has 40 heavy (non-hydrogen) atoms. The molecule has 0 spiro atoms. The topological polar surface area (TPSA) is 109 Å². The second kappa shape index (κ2) is 11.6. The molecule has 1 aromatic heterocycles. The van der Waals surface area contributed by atoms with Crippen LogP contribution in [0, 0.1) is 17.0 Å². The lowest BCUT2D eigenvalue weighted by Crippen LogP contribution is -2.52. The molecule has 0 saturated carbocycles. The summed E-state index contributed by atoms with van der Waals surface area (Å²) in [6.07, 6.45) is 1.86. The van der Waals surface area contributed by atoms with Crippen molar-refractivity contribution in [3.05, 3.63) is 97.9 Å². The van der Waals surface area contributed by atoms with Gasteiger partial charge in [-0.05, 0) is 41.7 Å². The van der Waals surface area contributed by atoms with E-state index in [1.54, 1.807) is 6.07 Å². The number of aromatic nitrogens is 1. The quantitative estimate of drug-likeness (QED) is 0.316. The zero-order valence-electron chi connectivity index (χ0n) is 22.3. The summed E-state index contributed by atoms with van der Waals surface area (Å²) in [5.74, 6) is -3.15. The van der Waals surface area contributed by atoms with Crippen LogP contribution in [0.25, 0.3) is 0 Å². The number of benzene rings is 2. The van der Waals surface area contributed by atoms with Gasteiger partial charge in [0.05, 0.1) is 23.2 Å². The summed E-state index contributed by atoms with van der Waals surface area (Å²) < 4.78 is 32.5. The van der Waals surface area contributed by atoms with Gasteiger partial charge in [0.15, 0.2) is 0 Å². The monoisotopic (exact) mass is 592 g/mol. The number of nitrogens with zero attached hydrogens (tertiary/aromatic N) is 1. The van der Waals surface area contributed by atoms with E-state index in [2.05, 4.69) is 10.6 Å². The zero-order valence-corrected chi connectivity index (χ0v) is 23.9. The number of amides is 1. The molecular weight excluding hydrogens is 561 g/mol. The van der Waals surface area contributed by atoms with E-state index in [9.17, 15) is 9.59 Å². The first-order valence-electron chi connectivity index (χ1n) is 12.8. The molecule has 214 valence electrons. The maximum Gasteiger partial charge on any atom is 0.252 e. The highest BCUT2D eigenvalue weighted by Gasteiger charge is 2.58. The molecule has 1 aliphatic rings. The number of carbonyl (C=O) groups is 1. The van der Waals surface area contributed by atoms with Crippen LogP contribution in [0.15, 0.2) is 59.5 Å². The average Bonchev–Trinajstić information content (AvgIpc) is 3.14. The molecule has 3 aromatic rings. The van der Waals surface area contributed by atoms with Crippen LogP contribution in [0.1, 0.15) is 44.2 Å². The van der Waals surface area contributed by atoms with Gasteiger partial charge in [-0.3, -0.25) is 9.59 Å². The van der Waals surface area contributed by atoms with Gasteiger partial charge in [-0.15, -0.1) is 0 Å². The number of hydrogen-bond acceptors (Lipinski definition) is 5. The van der Waals surface area contributed by atoms with Gasteiger partial charge in [0.2, 0.25) is 5.91 Å². The van der Waals surface area contributed by atoms with Crippen molar-refractivity contribution in [1.82, 2.24) is 9.88 Å². The predicted molar refractivity (Wildman–Crippen MR) is 153 cm³/mol. The first kappa shape index (κ1) is 30.1. The third-order valence-electron chi connectivity index (χ3n) is 7.22. The molecule has 11 heteroatoms. The van der Waals surface area contributed by atoms with E-state index in [1.807, 2.05) is 20.8 Å². The Morgan fingerprint density at radius 1 is 1.18 bits per heavy atom. The summed E-state index contributed by atoms with van der Waals surface area (Å²) in [4.78, 5) is 26.2. The molecule has 4 rings (SSSR count). The van der Waals surface area contributed by atoms with Crippen molar-refractivity contribution < 1.29 is 18.7 Å². The first-order valence-corrected chi connectivity index (χ1v) is 13.6. The largest absolute Gasteiger partial charge is 0.395 e. The fourth-order valence-corrected chi connectivity index (χ4v) is 5.84. The smallest absolute Gasteiger partial charge is 0.252 e. The Morgan fingerprint density at radius 2 is 1.90 bits per heavy atom. The van der Waals surface area contributed by atoms with Gasteiger partial charge in [0.1, 0.15) is 11.6 Å². The number of nitrogens with one attached hydrogen (secondary N) is 2. The predicted octanol–water partition coefficient (Wildman–Crippen LogP) is 4.78. The van der Waals surface area contributed by atoms with Crippen LogP contribution in [-0.2, 0) is 16.9 Å². The summed E-state index contributed by atoms with van der Waals surface area (Å²) in [5.41, 5.74) is 5.14. The van der Waals surface area contributed by atoms with E-state index in [4.69, 9.17) is 34.0 Å². The number of hydrogen-bond donors (Lipinski definition) is 4. The highest BCUT2D eigenvalue weighted by atomic mass is 35.5. The molecule has 0 bridgehead atoms. The van der Waals surface area contributed by atoms with E-state index in [0.29, 0.717) is 6.42 Å². The summed E-state index contributed by atoms with van der Waals surface area (Å²) in [7, 11) is 0. The van der Waals surface area contributed by atoms with Crippen molar-refractivity contribution in [2.75, 3.05) is 11.9 Å². The molecule has 1 amide bonds. The molecule has 0 aliphatic carbocycles. The Balaban J connectivity index is 1.87. The first-order chi connectivity index (χ1) is 18.8. The summed E-state index contributed by atoms with van der Waals surface area (Å²) >= 11 is 12.2. The van der Waals surface area contributed by atoms with Gasteiger partial charge in [-0.2, -0.15) is 0 Å². The molecule has 4 unspecified atom stereocenters. The van der Waals surface area contributed by atoms with Gasteiger partial charge in [0, 0.05) is 47.0 Å². The van der Waals surface area contributed by atoms with Crippen LogP contribution in [0.2, 0.25) is 10.0 Å². The molecule has 0 radical (unpaired) electrons. The molecule has 1 saturated heterocycles. The minimum absolute atomic E-state index is 0.0479. The minimum Gasteiger partial charge on any atom is -0.395 e. The third kappa shape index (κ3) is 5.94. The molecule has 5 N–H and O–H groups in total. The minimum atomic E-state index is -1.61. The molecule has 1 aliphatic heterocycles. The van der Waals surface area contributed by atoms with Gasteiger partial charge in [-0.25, -0.2) is 8.78 Å². The summed E-state index contributed by atoms with van der Waals surface area (Å²) in [5, 5.41) is 15.1. The molecule has 4 atom stereocenters. The van der Waals surface area contributed by atoms with Gasteiger partial charge in [-0.1, -0.05) is 62.2 Å². The van der Waals surface area contributed by atoms with Crippen molar-refractivity contribution in [1.29, 1.82) is 0 Å². The number of carbonyl (C=O) groups excluding carboxylic acids is 1. The standard InChI is InChI=1S/C29H32Cl2F2N4O3/c1-28(2,3)15-22-29(34,19-8-7-16(30)13-21(19)32)24(18-5-4-6-20(31)25(18)33)26(36-22)27(40)35-17-9-10-37(11-12-38)23(39)14-17/h4-10,13-14,22,24,26,36,38H,11-12,15,34H2,1-3H3,(H,35,40). The fraction of sp³-hybridized carbons (Fsp3) is 0.379. The molecule has 2 aromatic carbocycles. The van der Waals surface area contributed by atoms with E-state index >= 15 is 8.78 Å². The SMILES string of the molecule is CC(C)(C)CC1NC(C(=O)Nc2ccn(CCO)c(=O)c2)C(c2cccc(Cl)c2F)C1(N)c1ccc(Cl)cc1F. The van der Waals surface area contributed by atoms with Gasteiger partial charge in [0.25, 0.3) is 5.56 Å². The number of aliphatic hydroxyl groups excluding tert-OH is 1. The van der Waals surface area contributed by atoms with Gasteiger partial charge >= 0.3 is 0 Å². The fourth-order valence-electron chi connectivity index (χ4n) is 5.50. The number of rotatable bonds is 7. The summed E-state index contributed by atoms with van der Waals surface area (Å²) in [6.45, 7) is 5.83. The van der Waals surface area contributed by atoms with Crippen molar-refractivity contribution >= 4 is 34.8 Å². The molecule has 2 heterocycles. The number of pyridine rings is 1. The number of halogens is 4. The van der Waals surface area contributed by atoms with E-state index in [0.717, 1.165) is 6.07 Å². The van der Waals surface area contributed by atoms with Crippen molar-refractivity contribution in [3.63, 3.8) is 0 Å². The van der Waals surface area contributed by atoms with Crippen LogP contribution < -0.4 is 21.9 Å². The lowest BCUT2D eigenvalue weighted by molar-refractivity contribution is -0.118. The van der Waals surface area contributed by atoms with Crippen LogP contribution >= 0.6 is 23.2 Å². The lowest BCUT2D eigenvalue weighted by Gasteiger charge is -2.40. The second-order valence-corrected chi connectivity index (χ2v) is 12.1. The highest BCUT2D eigenvalue weighted by molar-refractivity contribution is 6.31. The second-order valence-electron chi connectivity index (χ2n) is 11.3. The number of aliphatic hydroxyl groups is 1. The van der Waals surface area contributed by atoms with Crippen molar-refractivity contribution in [3.8, 4) is 0 Å². The normalized spacial score (nSPS) is 22.9. The Labute approximate surface area is 241 Å². The molecule has 1 fully saturated rings. The molecule has 7 nitrogen and oxygen atoms in total. The van der Waals surface area contributed by atoms with Crippen LogP contribution in [0.4, 0.5) is 14.5 Å². The zero-order chi connectivity index (χ0) is 29.4. The Morgan fingerprint density at radius 3 is 2.52 bits per heavy atom. The average molecular weight is 594 g/mol. The van der Waals surface area contributed by atoms with E-state index in [1.165, 1.54) is 47.2 Å². The Hall–Kier alpha value is -2.82. The van der Waals surface area contributed by atoms with E-state index in [-0.39, 0.29) is 45.4 Å². The maximum atomic E-state index is 15.6. The van der Waals surface area contributed by atoms with Crippen LogP contribution in [0.3, 0.4) is 0 Å². The van der Waals surface area contributed by atoms with Crippen molar-refractivity contribution in [2.45, 2.75) is 57.3 Å². The third-order valence-corrected chi connectivity index (χ3v) is 7.75. The number of nitrogens with two attached hydrogens (primary N) is 1. The molecular formula is C29H32Cl2F2N4O3. The van der Waals surface area contributed by atoms with E-state index < -0.39 is 46.6 Å². The number of anilines is 1. The summed E-state index contributed by atoms with van der Waals surface area (Å²) in [6, 6.07) is 9.44. The Bertz CT molecular complexity index is 1480. The lowest BCUT2D eigenvalue weighted by atomic mass is 9.68. The van der Waals surface area contributed by atoms with Crippen LogP contribution in [0.5, 0.6) is 0 Å². The van der Waals surface area contributed by atoms with Crippen LogP contribution in [-0.4, -0.2) is 34.3 Å². The van der Waals surface area contributed by atoms with Gasteiger partial charge < -0.3 is 26.0 Å².